The minimum absolute atomic E-state index is 0.0620. The number of benzene rings is 2. The number of hydrogen-bond acceptors (Lipinski definition) is 4. The van der Waals surface area contributed by atoms with Crippen LogP contribution in [-0.2, 0) is 4.74 Å². The molecule has 1 aliphatic heterocycles. The molecule has 0 radical (unpaired) electrons. The first kappa shape index (κ1) is 18.7. The largest absolute Gasteiger partial charge is 0.450 e. The van der Waals surface area contributed by atoms with Crippen LogP contribution in [-0.4, -0.2) is 31.1 Å². The highest BCUT2D eigenvalue weighted by Crippen LogP contribution is 2.24. The highest BCUT2D eigenvalue weighted by Gasteiger charge is 2.20. The number of carbonyl (C=O) groups is 2. The molecule has 2 aromatic carbocycles. The van der Waals surface area contributed by atoms with E-state index in [0.717, 1.165) is 23.9 Å². The first-order valence-corrected chi connectivity index (χ1v) is 9.89. The van der Waals surface area contributed by atoms with Crippen molar-refractivity contribution in [3.05, 3.63) is 64.3 Å². The van der Waals surface area contributed by atoms with Crippen molar-refractivity contribution in [3.8, 4) is 0 Å². The van der Waals surface area contributed by atoms with Crippen molar-refractivity contribution in [2.24, 2.45) is 0 Å². The molecule has 1 fully saturated rings. The monoisotopic (exact) mass is 442 g/mol. The van der Waals surface area contributed by atoms with Crippen molar-refractivity contribution >= 4 is 44.4 Å². The van der Waals surface area contributed by atoms with Gasteiger partial charge < -0.3 is 19.8 Å². The molecule has 6 nitrogen and oxygen atoms in total. The number of fused-ring (bicyclic) bond motifs is 1. The molecule has 4 rings (SSSR count). The summed E-state index contributed by atoms with van der Waals surface area (Å²) in [7, 11) is 0. The molecule has 3 aromatic rings. The van der Waals surface area contributed by atoms with Gasteiger partial charge in [0.15, 0.2) is 5.76 Å². The predicted molar refractivity (Wildman–Crippen MR) is 110 cm³/mol. The molecule has 2 N–H and O–H groups in total. The number of anilines is 1. The van der Waals surface area contributed by atoms with Gasteiger partial charge in [0.25, 0.3) is 11.8 Å². The van der Waals surface area contributed by atoms with Gasteiger partial charge in [0.1, 0.15) is 5.58 Å². The lowest BCUT2D eigenvalue weighted by molar-refractivity contribution is 0.0857. The smallest absolute Gasteiger partial charge is 0.291 e. The van der Waals surface area contributed by atoms with Gasteiger partial charge in [0.05, 0.1) is 11.7 Å². The van der Waals surface area contributed by atoms with Crippen LogP contribution in [0.25, 0.3) is 11.0 Å². The number of ether oxygens (including phenoxy) is 1. The Balaban J connectivity index is 1.51. The molecule has 1 unspecified atom stereocenters. The van der Waals surface area contributed by atoms with Gasteiger partial charge in [-0.05, 0) is 49.2 Å². The number of amides is 2. The molecule has 2 heterocycles. The van der Waals surface area contributed by atoms with Gasteiger partial charge in [-0.25, -0.2) is 0 Å². The summed E-state index contributed by atoms with van der Waals surface area (Å²) in [6.07, 6.45) is 2.03. The van der Waals surface area contributed by atoms with Crippen LogP contribution in [0.5, 0.6) is 0 Å². The lowest BCUT2D eigenvalue weighted by Gasteiger charge is -2.10. The minimum Gasteiger partial charge on any atom is -0.450 e. The first-order valence-electron chi connectivity index (χ1n) is 9.09. The Morgan fingerprint density at radius 1 is 1.11 bits per heavy atom. The van der Waals surface area contributed by atoms with E-state index in [2.05, 4.69) is 26.6 Å². The van der Waals surface area contributed by atoms with Gasteiger partial charge in [-0.3, -0.25) is 9.59 Å². The fraction of sp³-hybridized carbons (Fsp3) is 0.238. The van der Waals surface area contributed by atoms with E-state index in [1.807, 2.05) is 18.2 Å². The van der Waals surface area contributed by atoms with Crippen LogP contribution < -0.4 is 10.6 Å². The van der Waals surface area contributed by atoms with Crippen LogP contribution in [0.3, 0.4) is 0 Å². The second kappa shape index (κ2) is 8.16. The van der Waals surface area contributed by atoms with Crippen LogP contribution in [0.15, 0.2) is 57.4 Å². The normalized spacial score (nSPS) is 16.2. The summed E-state index contributed by atoms with van der Waals surface area (Å²) in [6, 6.07) is 14.2. The lowest BCUT2D eigenvalue weighted by Crippen LogP contribution is -2.31. The van der Waals surface area contributed by atoms with Crippen molar-refractivity contribution in [2.75, 3.05) is 18.5 Å². The fourth-order valence-corrected chi connectivity index (χ4v) is 3.45. The van der Waals surface area contributed by atoms with E-state index >= 15 is 0 Å². The number of nitrogens with one attached hydrogen (secondary N) is 2. The number of halogens is 1. The van der Waals surface area contributed by atoms with Crippen LogP contribution in [0.2, 0.25) is 0 Å². The second-order valence-corrected chi connectivity index (χ2v) is 7.56. The Kier molecular flexibility index (Phi) is 5.45. The molecule has 1 aliphatic rings. The number of rotatable bonds is 5. The van der Waals surface area contributed by atoms with Crippen LogP contribution >= 0.6 is 15.9 Å². The SMILES string of the molecule is O=C(Nc1ccc(Br)cc1)c1cc2cccc(C(=O)NCC3CCCO3)c2o1. The summed E-state index contributed by atoms with van der Waals surface area (Å²) in [5.41, 5.74) is 1.45. The van der Waals surface area contributed by atoms with E-state index in [4.69, 9.17) is 9.15 Å². The lowest BCUT2D eigenvalue weighted by atomic mass is 10.1. The van der Waals surface area contributed by atoms with E-state index in [1.54, 1.807) is 30.3 Å². The molecule has 2 amide bonds. The van der Waals surface area contributed by atoms with Gasteiger partial charge in [-0.2, -0.15) is 0 Å². The van der Waals surface area contributed by atoms with Crippen LogP contribution in [0.4, 0.5) is 5.69 Å². The van der Waals surface area contributed by atoms with Crippen molar-refractivity contribution < 1.29 is 18.7 Å². The summed E-state index contributed by atoms with van der Waals surface area (Å²) in [5.74, 6) is -0.461. The quantitative estimate of drug-likeness (QED) is 0.614. The maximum absolute atomic E-state index is 12.6. The Bertz CT molecular complexity index is 1010. The Labute approximate surface area is 170 Å². The maximum Gasteiger partial charge on any atom is 0.291 e. The third-order valence-corrected chi connectivity index (χ3v) is 5.16. The van der Waals surface area contributed by atoms with Crippen LogP contribution in [0.1, 0.15) is 33.8 Å². The number of carbonyl (C=O) groups excluding carboxylic acids is 2. The predicted octanol–water partition coefficient (Wildman–Crippen LogP) is 4.36. The topological polar surface area (TPSA) is 80.6 Å². The Morgan fingerprint density at radius 3 is 2.68 bits per heavy atom. The fourth-order valence-electron chi connectivity index (χ4n) is 3.19. The third-order valence-electron chi connectivity index (χ3n) is 4.63. The Morgan fingerprint density at radius 2 is 1.93 bits per heavy atom. The molecular weight excluding hydrogens is 424 g/mol. The van der Waals surface area contributed by atoms with Gasteiger partial charge in [-0.15, -0.1) is 0 Å². The van der Waals surface area contributed by atoms with Crippen molar-refractivity contribution in [2.45, 2.75) is 18.9 Å². The average molecular weight is 443 g/mol. The maximum atomic E-state index is 12.6. The van der Waals surface area contributed by atoms with Crippen molar-refractivity contribution in [1.82, 2.24) is 5.32 Å². The zero-order chi connectivity index (χ0) is 19.5. The minimum atomic E-state index is -0.371. The summed E-state index contributed by atoms with van der Waals surface area (Å²) in [6.45, 7) is 1.21. The Hall–Kier alpha value is -2.64. The highest BCUT2D eigenvalue weighted by atomic mass is 79.9. The zero-order valence-electron chi connectivity index (χ0n) is 15.0. The molecule has 1 atom stereocenters. The van der Waals surface area contributed by atoms with Crippen molar-refractivity contribution in [1.29, 1.82) is 0 Å². The number of hydrogen-bond donors (Lipinski definition) is 2. The summed E-state index contributed by atoms with van der Waals surface area (Å²) in [5, 5.41) is 6.37. The summed E-state index contributed by atoms with van der Waals surface area (Å²) in [4.78, 5) is 25.1. The third kappa shape index (κ3) is 4.10. The standard InChI is InChI=1S/C21H19BrN2O4/c22-14-6-8-15(9-7-14)24-21(26)18-11-13-3-1-5-17(19(13)28-18)20(25)23-12-16-4-2-10-27-16/h1,3,5-9,11,16H,2,4,10,12H2,(H,23,25)(H,24,26). The van der Waals surface area contributed by atoms with Gasteiger partial charge in [-0.1, -0.05) is 28.1 Å². The highest BCUT2D eigenvalue weighted by molar-refractivity contribution is 9.10. The molecule has 0 bridgehead atoms. The van der Waals surface area contributed by atoms with Gasteiger partial charge in [0.2, 0.25) is 0 Å². The number of para-hydroxylation sites is 1. The summed E-state index contributed by atoms with van der Waals surface area (Å²) < 4.78 is 12.2. The molecule has 1 saturated heterocycles. The summed E-state index contributed by atoms with van der Waals surface area (Å²) >= 11 is 3.36. The molecule has 7 heteroatoms. The molecule has 0 spiro atoms. The average Bonchev–Trinajstić information content (AvgIpc) is 3.37. The van der Waals surface area contributed by atoms with E-state index in [-0.39, 0.29) is 23.7 Å². The molecule has 0 saturated carbocycles. The van der Waals surface area contributed by atoms with E-state index in [9.17, 15) is 9.59 Å². The number of furan rings is 1. The van der Waals surface area contributed by atoms with E-state index < -0.39 is 0 Å². The van der Waals surface area contributed by atoms with Gasteiger partial charge >= 0.3 is 0 Å². The first-order chi connectivity index (χ1) is 13.6. The molecular formula is C21H19BrN2O4. The molecule has 28 heavy (non-hydrogen) atoms. The molecule has 0 aliphatic carbocycles. The van der Waals surface area contributed by atoms with E-state index in [1.165, 1.54) is 0 Å². The second-order valence-electron chi connectivity index (χ2n) is 6.64. The zero-order valence-corrected chi connectivity index (χ0v) is 16.6. The van der Waals surface area contributed by atoms with E-state index in [0.29, 0.717) is 28.8 Å². The molecule has 1 aromatic heterocycles. The van der Waals surface area contributed by atoms with Crippen LogP contribution in [0, 0.1) is 0 Å². The van der Waals surface area contributed by atoms with Crippen molar-refractivity contribution in [3.63, 3.8) is 0 Å². The molecule has 144 valence electrons. The van der Waals surface area contributed by atoms with Gasteiger partial charge in [0, 0.05) is 28.7 Å².